The van der Waals surface area contributed by atoms with Gasteiger partial charge < -0.3 is 10.1 Å². The van der Waals surface area contributed by atoms with Crippen LogP contribution >= 0.6 is 11.3 Å². The fourth-order valence-corrected chi connectivity index (χ4v) is 5.94. The van der Waals surface area contributed by atoms with Gasteiger partial charge in [-0.05, 0) is 56.7 Å². The number of nitrogens with one attached hydrogen (secondary N) is 1. The van der Waals surface area contributed by atoms with Gasteiger partial charge in [0, 0.05) is 4.88 Å². The molecule has 1 N–H and O–H groups in total. The number of anilines is 2. The molecule has 1 aliphatic rings. The monoisotopic (exact) mass is 450 g/mol. The number of rotatable bonds is 6. The summed E-state index contributed by atoms with van der Waals surface area (Å²) < 4.78 is 30.8. The summed E-state index contributed by atoms with van der Waals surface area (Å²) >= 11 is 1.37. The summed E-state index contributed by atoms with van der Waals surface area (Å²) in [6, 6.07) is 5.37. The Morgan fingerprint density at radius 3 is 2.53 bits per heavy atom. The van der Waals surface area contributed by atoms with E-state index in [0.29, 0.717) is 16.3 Å². The molecule has 1 aromatic carbocycles. The van der Waals surface area contributed by atoms with E-state index in [1.165, 1.54) is 18.4 Å². The first-order chi connectivity index (χ1) is 14.1. The van der Waals surface area contributed by atoms with E-state index in [4.69, 9.17) is 4.74 Å². The molecular weight excluding hydrogens is 424 g/mol. The van der Waals surface area contributed by atoms with Gasteiger partial charge in [0.05, 0.1) is 24.6 Å². The predicted molar refractivity (Wildman–Crippen MR) is 119 cm³/mol. The van der Waals surface area contributed by atoms with E-state index >= 15 is 0 Å². The summed E-state index contributed by atoms with van der Waals surface area (Å²) in [5.74, 6) is -0.997. The summed E-state index contributed by atoms with van der Waals surface area (Å²) in [7, 11) is -2.38. The van der Waals surface area contributed by atoms with Crippen LogP contribution in [0.25, 0.3) is 0 Å². The molecule has 0 saturated heterocycles. The molecule has 7 nitrogen and oxygen atoms in total. The molecule has 30 heavy (non-hydrogen) atoms. The fraction of sp³-hybridized carbons (Fsp3) is 0.429. The molecular formula is C21H26N2O5S2. The molecule has 0 aliphatic heterocycles. The van der Waals surface area contributed by atoms with Crippen LogP contribution in [0.2, 0.25) is 0 Å². The van der Waals surface area contributed by atoms with Crippen molar-refractivity contribution in [1.82, 2.24) is 0 Å². The van der Waals surface area contributed by atoms with Gasteiger partial charge >= 0.3 is 5.97 Å². The van der Waals surface area contributed by atoms with Crippen molar-refractivity contribution in [3.05, 3.63) is 45.3 Å². The maximum atomic E-state index is 12.8. The predicted octanol–water partition coefficient (Wildman–Crippen LogP) is 3.44. The van der Waals surface area contributed by atoms with Crippen LogP contribution in [0.15, 0.2) is 18.2 Å². The van der Waals surface area contributed by atoms with E-state index in [0.717, 1.165) is 57.8 Å². The van der Waals surface area contributed by atoms with Crippen LogP contribution in [-0.2, 0) is 32.4 Å². The number of ether oxygens (including phenoxy) is 1. The van der Waals surface area contributed by atoms with Gasteiger partial charge in [0.15, 0.2) is 0 Å². The summed E-state index contributed by atoms with van der Waals surface area (Å²) in [5.41, 5.74) is 3.54. The summed E-state index contributed by atoms with van der Waals surface area (Å²) in [6.07, 6.45) is 4.72. The Balaban J connectivity index is 1.90. The van der Waals surface area contributed by atoms with Crippen LogP contribution in [0.4, 0.5) is 10.7 Å². The third kappa shape index (κ3) is 4.67. The summed E-state index contributed by atoms with van der Waals surface area (Å²) in [4.78, 5) is 26.3. The lowest BCUT2D eigenvalue weighted by atomic mass is 9.95. The molecule has 1 aliphatic carbocycles. The molecule has 0 radical (unpaired) electrons. The number of esters is 1. The first-order valence-electron chi connectivity index (χ1n) is 9.69. The lowest BCUT2D eigenvalue weighted by Gasteiger charge is -2.23. The van der Waals surface area contributed by atoms with E-state index in [2.05, 4.69) is 5.32 Å². The zero-order chi connectivity index (χ0) is 22.1. The van der Waals surface area contributed by atoms with Gasteiger partial charge in [-0.25, -0.2) is 13.2 Å². The molecule has 1 amide bonds. The number of fused-ring (bicyclic) bond motifs is 1. The molecule has 0 fully saturated rings. The number of carbonyl (C=O) groups excluding carboxylic acids is 2. The number of aryl methyl sites for hydroxylation is 3. The van der Waals surface area contributed by atoms with Crippen LogP contribution in [0.5, 0.6) is 0 Å². The van der Waals surface area contributed by atoms with E-state index in [9.17, 15) is 18.0 Å². The first kappa shape index (κ1) is 22.3. The number of hydrogen-bond acceptors (Lipinski definition) is 6. The van der Waals surface area contributed by atoms with Gasteiger partial charge in [-0.15, -0.1) is 11.3 Å². The van der Waals surface area contributed by atoms with E-state index in [-0.39, 0.29) is 6.54 Å². The van der Waals surface area contributed by atoms with Gasteiger partial charge in [-0.1, -0.05) is 17.7 Å². The fourth-order valence-electron chi connectivity index (χ4n) is 3.73. The minimum absolute atomic E-state index is 0.383. The van der Waals surface area contributed by atoms with E-state index in [1.807, 2.05) is 13.0 Å². The van der Waals surface area contributed by atoms with Gasteiger partial charge in [-0.3, -0.25) is 9.10 Å². The number of sulfonamides is 1. The van der Waals surface area contributed by atoms with Crippen molar-refractivity contribution in [1.29, 1.82) is 0 Å². The number of methoxy groups -OCH3 is 1. The lowest BCUT2D eigenvalue weighted by molar-refractivity contribution is -0.114. The second kappa shape index (κ2) is 8.77. The SMILES string of the molecule is COC(=O)c1c(NC(=O)CN(c2ccc(C)cc2C)S(C)(=O)=O)sc2c1CCCC2. The van der Waals surface area contributed by atoms with Crippen molar-refractivity contribution in [2.75, 3.05) is 29.5 Å². The minimum Gasteiger partial charge on any atom is -0.465 e. The Morgan fingerprint density at radius 1 is 1.20 bits per heavy atom. The number of hydrogen-bond donors (Lipinski definition) is 1. The van der Waals surface area contributed by atoms with Crippen molar-refractivity contribution in [3.63, 3.8) is 0 Å². The van der Waals surface area contributed by atoms with Crippen molar-refractivity contribution in [2.24, 2.45) is 0 Å². The topological polar surface area (TPSA) is 92.8 Å². The average molecular weight is 451 g/mol. The quantitative estimate of drug-likeness (QED) is 0.681. The molecule has 1 heterocycles. The molecule has 9 heteroatoms. The van der Waals surface area contributed by atoms with Gasteiger partial charge in [0.1, 0.15) is 11.5 Å². The Kier molecular flexibility index (Phi) is 6.52. The number of benzene rings is 1. The zero-order valence-corrected chi connectivity index (χ0v) is 19.2. The number of thiophene rings is 1. The third-order valence-electron chi connectivity index (χ3n) is 5.12. The molecule has 0 spiro atoms. The highest BCUT2D eigenvalue weighted by molar-refractivity contribution is 7.92. The minimum atomic E-state index is -3.69. The molecule has 2 aromatic rings. The Morgan fingerprint density at radius 2 is 1.90 bits per heavy atom. The van der Waals surface area contributed by atoms with Crippen LogP contribution in [0, 0.1) is 13.8 Å². The number of nitrogens with zero attached hydrogens (tertiary/aromatic N) is 1. The van der Waals surface area contributed by atoms with E-state index < -0.39 is 21.9 Å². The maximum Gasteiger partial charge on any atom is 0.341 e. The second-order valence-electron chi connectivity index (χ2n) is 7.51. The van der Waals surface area contributed by atoms with Crippen LogP contribution in [0.3, 0.4) is 0 Å². The highest BCUT2D eigenvalue weighted by Gasteiger charge is 2.28. The van der Waals surface area contributed by atoms with Crippen molar-refractivity contribution in [2.45, 2.75) is 39.5 Å². The Bertz CT molecular complexity index is 1090. The highest BCUT2D eigenvalue weighted by atomic mass is 32.2. The zero-order valence-electron chi connectivity index (χ0n) is 17.6. The molecule has 0 saturated carbocycles. The van der Waals surface area contributed by atoms with Crippen LogP contribution in [-0.4, -0.2) is 40.2 Å². The molecule has 0 bridgehead atoms. The second-order valence-corrected chi connectivity index (χ2v) is 10.5. The van der Waals surface area contributed by atoms with Crippen molar-refractivity contribution < 1.29 is 22.7 Å². The maximum absolute atomic E-state index is 12.8. The smallest absolute Gasteiger partial charge is 0.341 e. The van der Waals surface area contributed by atoms with Crippen molar-refractivity contribution in [3.8, 4) is 0 Å². The molecule has 0 atom stereocenters. The van der Waals surface area contributed by atoms with Gasteiger partial charge in [0.2, 0.25) is 15.9 Å². The molecule has 1 aromatic heterocycles. The normalized spacial score (nSPS) is 13.5. The highest BCUT2D eigenvalue weighted by Crippen LogP contribution is 2.38. The average Bonchev–Trinajstić information content (AvgIpc) is 3.03. The molecule has 162 valence electrons. The first-order valence-corrected chi connectivity index (χ1v) is 12.4. The van der Waals surface area contributed by atoms with Crippen molar-refractivity contribution >= 4 is 43.9 Å². The van der Waals surface area contributed by atoms with E-state index in [1.54, 1.807) is 19.1 Å². The molecule has 0 unspecified atom stereocenters. The van der Waals surface area contributed by atoms with Gasteiger partial charge in [0.25, 0.3) is 0 Å². The van der Waals surface area contributed by atoms with Crippen LogP contribution < -0.4 is 9.62 Å². The summed E-state index contributed by atoms with van der Waals surface area (Å²) in [6.45, 7) is 3.34. The summed E-state index contributed by atoms with van der Waals surface area (Å²) in [5, 5.41) is 3.18. The largest absolute Gasteiger partial charge is 0.465 e. The molecule has 3 rings (SSSR count). The Labute approximate surface area is 181 Å². The Hall–Kier alpha value is -2.39. The van der Waals surface area contributed by atoms with Gasteiger partial charge in [-0.2, -0.15) is 0 Å². The standard InChI is InChI=1S/C21H26N2O5S2/c1-13-9-10-16(14(2)11-13)23(30(4,26)27)12-18(24)22-20-19(21(25)28-3)15-7-5-6-8-17(15)29-20/h9-11H,5-8,12H2,1-4H3,(H,22,24). The number of carbonyl (C=O) groups is 2. The lowest BCUT2D eigenvalue weighted by Crippen LogP contribution is -2.38. The number of amides is 1. The third-order valence-corrected chi connectivity index (χ3v) is 7.46. The van der Waals surface area contributed by atoms with Crippen LogP contribution in [0.1, 0.15) is 44.8 Å².